The van der Waals surface area contributed by atoms with Crippen molar-refractivity contribution in [2.24, 2.45) is 5.14 Å². The van der Waals surface area contributed by atoms with Crippen LogP contribution in [0.1, 0.15) is 26.3 Å². The molecule has 2 rings (SSSR count). The molecule has 0 saturated carbocycles. The Kier molecular flexibility index (Phi) is 4.10. The molecule has 0 fully saturated rings. The average Bonchev–Trinajstić information content (AvgIpc) is 2.76. The summed E-state index contributed by atoms with van der Waals surface area (Å²) in [6.07, 6.45) is 0.611. The van der Waals surface area contributed by atoms with Gasteiger partial charge in [-0.05, 0) is 51.0 Å². The largest absolute Gasteiger partial charge is 0.366 e. The second-order valence-electron chi connectivity index (χ2n) is 6.03. The predicted molar refractivity (Wildman–Crippen MR) is 79.6 cm³/mol. The maximum atomic E-state index is 12.2. The number of carbonyl (C=O) groups is 1. The molecule has 1 aromatic rings. The summed E-state index contributed by atoms with van der Waals surface area (Å²) in [6.45, 7) is 6.18. The van der Waals surface area contributed by atoms with Crippen molar-refractivity contribution < 1.29 is 17.9 Å². The molecule has 0 saturated heterocycles. The molecule has 0 aliphatic carbocycles. The number of amides is 1. The van der Waals surface area contributed by atoms with Crippen LogP contribution in [-0.4, -0.2) is 33.1 Å². The van der Waals surface area contributed by atoms with Gasteiger partial charge in [-0.3, -0.25) is 4.79 Å². The van der Waals surface area contributed by atoms with Gasteiger partial charge in [-0.25, -0.2) is 13.6 Å². The van der Waals surface area contributed by atoms with Crippen molar-refractivity contribution in [2.75, 3.05) is 18.1 Å². The van der Waals surface area contributed by atoms with E-state index in [0.29, 0.717) is 13.0 Å². The van der Waals surface area contributed by atoms with Crippen LogP contribution in [-0.2, 0) is 26.0 Å². The molecule has 1 amide bonds. The van der Waals surface area contributed by atoms with Crippen LogP contribution in [0.4, 0.5) is 5.69 Å². The number of anilines is 1. The van der Waals surface area contributed by atoms with Gasteiger partial charge in [0, 0.05) is 12.2 Å². The topological polar surface area (TPSA) is 89.7 Å². The molecule has 0 bridgehead atoms. The fraction of sp³-hybridized carbons (Fsp3) is 0.500. The number of primary sulfonamides is 1. The number of carbonyl (C=O) groups excluding carboxylic acids is 1. The summed E-state index contributed by atoms with van der Waals surface area (Å²) in [4.78, 5) is 13.9. The molecule has 0 spiro atoms. The number of sulfonamides is 1. The van der Waals surface area contributed by atoms with E-state index in [4.69, 9.17) is 9.88 Å². The molecule has 0 radical (unpaired) electrons. The fourth-order valence-electron chi connectivity index (χ4n) is 2.17. The van der Waals surface area contributed by atoms with Gasteiger partial charge < -0.3 is 9.64 Å². The number of hydrogen-bond acceptors (Lipinski definition) is 4. The highest BCUT2D eigenvalue weighted by molar-refractivity contribution is 7.89. The number of ether oxygens (including phenoxy) is 1. The summed E-state index contributed by atoms with van der Waals surface area (Å²) in [6, 6.07) is 4.57. The van der Waals surface area contributed by atoms with Gasteiger partial charge in [0.2, 0.25) is 10.0 Å². The normalized spacial score (nSPS) is 15.1. The van der Waals surface area contributed by atoms with Gasteiger partial charge in [0.1, 0.15) is 6.61 Å². The molecular weight excluding hydrogens is 292 g/mol. The average molecular weight is 312 g/mol. The first-order chi connectivity index (χ1) is 9.58. The molecule has 0 aromatic heterocycles. The van der Waals surface area contributed by atoms with E-state index >= 15 is 0 Å². The van der Waals surface area contributed by atoms with E-state index in [9.17, 15) is 13.2 Å². The Labute approximate surface area is 124 Å². The Bertz CT molecular complexity index is 662. The quantitative estimate of drug-likeness (QED) is 0.903. The fourth-order valence-corrected chi connectivity index (χ4v) is 2.73. The minimum Gasteiger partial charge on any atom is -0.366 e. The predicted octanol–water partition coefficient (Wildman–Crippen LogP) is 1.04. The van der Waals surface area contributed by atoms with Crippen LogP contribution in [0.3, 0.4) is 0 Å². The molecule has 21 heavy (non-hydrogen) atoms. The van der Waals surface area contributed by atoms with Crippen LogP contribution in [0.2, 0.25) is 0 Å². The summed E-state index contributed by atoms with van der Waals surface area (Å²) in [5.41, 5.74) is 1.16. The van der Waals surface area contributed by atoms with Crippen molar-refractivity contribution in [3.63, 3.8) is 0 Å². The molecule has 0 unspecified atom stereocenters. The summed E-state index contributed by atoms with van der Waals surface area (Å²) < 4.78 is 28.2. The molecule has 1 heterocycles. The van der Waals surface area contributed by atoms with Gasteiger partial charge >= 0.3 is 0 Å². The molecular formula is C14H20N2O4S. The van der Waals surface area contributed by atoms with Gasteiger partial charge in [0.25, 0.3) is 5.91 Å². The van der Waals surface area contributed by atoms with Crippen molar-refractivity contribution in [3.05, 3.63) is 23.8 Å². The summed E-state index contributed by atoms with van der Waals surface area (Å²) in [7, 11) is -3.72. The maximum absolute atomic E-state index is 12.2. The van der Waals surface area contributed by atoms with E-state index in [1.165, 1.54) is 12.1 Å². The summed E-state index contributed by atoms with van der Waals surface area (Å²) >= 11 is 0. The lowest BCUT2D eigenvalue weighted by atomic mass is 10.2. The highest BCUT2D eigenvalue weighted by Crippen LogP contribution is 2.30. The molecule has 1 aliphatic heterocycles. The number of nitrogens with two attached hydrogens (primary N) is 1. The molecule has 116 valence electrons. The zero-order chi connectivity index (χ0) is 15.8. The van der Waals surface area contributed by atoms with E-state index in [0.717, 1.165) is 11.3 Å². The van der Waals surface area contributed by atoms with Crippen LogP contribution in [0, 0.1) is 0 Å². The van der Waals surface area contributed by atoms with Gasteiger partial charge in [0.15, 0.2) is 0 Å². The first kappa shape index (κ1) is 15.9. The van der Waals surface area contributed by atoms with Crippen molar-refractivity contribution in [1.82, 2.24) is 0 Å². The maximum Gasteiger partial charge on any atom is 0.253 e. The van der Waals surface area contributed by atoms with Crippen molar-refractivity contribution in [1.29, 1.82) is 0 Å². The highest BCUT2D eigenvalue weighted by Gasteiger charge is 2.27. The summed E-state index contributed by atoms with van der Waals surface area (Å²) in [5.74, 6) is -0.132. The van der Waals surface area contributed by atoms with Crippen molar-refractivity contribution in [3.8, 4) is 0 Å². The van der Waals surface area contributed by atoms with Crippen LogP contribution in [0.25, 0.3) is 0 Å². The lowest BCUT2D eigenvalue weighted by Gasteiger charge is -2.22. The number of hydrogen-bond donors (Lipinski definition) is 1. The first-order valence-electron chi connectivity index (χ1n) is 6.68. The van der Waals surface area contributed by atoms with E-state index in [-0.39, 0.29) is 23.0 Å². The number of rotatable bonds is 3. The molecule has 2 N–H and O–H groups in total. The van der Waals surface area contributed by atoms with E-state index < -0.39 is 10.0 Å². The second kappa shape index (κ2) is 5.40. The van der Waals surface area contributed by atoms with Crippen LogP contribution >= 0.6 is 0 Å². The number of fused-ring (bicyclic) bond motifs is 1. The molecule has 7 heteroatoms. The van der Waals surface area contributed by atoms with Crippen molar-refractivity contribution >= 4 is 21.6 Å². The highest BCUT2D eigenvalue weighted by atomic mass is 32.2. The molecule has 1 aromatic carbocycles. The molecule has 6 nitrogen and oxygen atoms in total. The van der Waals surface area contributed by atoms with Gasteiger partial charge in [-0.15, -0.1) is 0 Å². The van der Waals surface area contributed by atoms with Crippen LogP contribution in [0.5, 0.6) is 0 Å². The second-order valence-corrected chi connectivity index (χ2v) is 7.59. The minimum absolute atomic E-state index is 0.000120. The lowest BCUT2D eigenvalue weighted by Crippen LogP contribution is -2.35. The monoisotopic (exact) mass is 312 g/mol. The number of nitrogens with zero attached hydrogens (tertiary/aromatic N) is 1. The van der Waals surface area contributed by atoms with E-state index in [2.05, 4.69) is 0 Å². The van der Waals surface area contributed by atoms with Crippen molar-refractivity contribution in [2.45, 2.75) is 37.7 Å². The first-order valence-corrected chi connectivity index (χ1v) is 8.22. The van der Waals surface area contributed by atoms with Gasteiger partial charge in [0.05, 0.1) is 10.5 Å². The SMILES string of the molecule is CC(C)(C)OCC(=O)N1CCc2cc(S(N)(=O)=O)ccc21. The van der Waals surface area contributed by atoms with Gasteiger partial charge in [-0.2, -0.15) is 0 Å². The minimum atomic E-state index is -3.72. The molecule has 0 atom stereocenters. The Hall–Kier alpha value is -1.44. The zero-order valence-corrected chi connectivity index (χ0v) is 13.2. The smallest absolute Gasteiger partial charge is 0.253 e. The standard InChI is InChI=1S/C14H20N2O4S/c1-14(2,3)20-9-13(17)16-7-6-10-8-11(21(15,18)19)4-5-12(10)16/h4-5,8H,6-7,9H2,1-3H3,(H2,15,18,19). The third-order valence-electron chi connectivity index (χ3n) is 3.20. The molecule has 1 aliphatic rings. The van der Waals surface area contributed by atoms with E-state index in [1.807, 2.05) is 20.8 Å². The number of benzene rings is 1. The Morgan fingerprint density at radius 2 is 2.05 bits per heavy atom. The Morgan fingerprint density at radius 1 is 1.38 bits per heavy atom. The zero-order valence-electron chi connectivity index (χ0n) is 12.4. The third-order valence-corrected chi connectivity index (χ3v) is 4.12. The van der Waals surface area contributed by atoms with Crippen LogP contribution in [0.15, 0.2) is 23.1 Å². The summed E-state index contributed by atoms with van der Waals surface area (Å²) in [5, 5.41) is 5.11. The third kappa shape index (κ3) is 3.81. The van der Waals surface area contributed by atoms with Gasteiger partial charge in [-0.1, -0.05) is 0 Å². The Morgan fingerprint density at radius 3 is 2.62 bits per heavy atom. The Balaban J connectivity index is 2.17. The lowest BCUT2D eigenvalue weighted by molar-refractivity contribution is -0.127. The van der Waals surface area contributed by atoms with E-state index in [1.54, 1.807) is 11.0 Å². The van der Waals surface area contributed by atoms with Crippen LogP contribution < -0.4 is 10.0 Å².